The van der Waals surface area contributed by atoms with E-state index in [1.54, 1.807) is 49.4 Å². The summed E-state index contributed by atoms with van der Waals surface area (Å²) in [6, 6.07) is 14.9. The normalized spacial score (nSPS) is 11.4. The van der Waals surface area contributed by atoms with E-state index in [-0.39, 0.29) is 4.90 Å². The molecule has 27 heavy (non-hydrogen) atoms. The molecule has 2 heterocycles. The van der Waals surface area contributed by atoms with E-state index in [0.717, 1.165) is 0 Å². The molecule has 4 rings (SSSR count). The van der Waals surface area contributed by atoms with Crippen LogP contribution >= 0.6 is 0 Å². The Labute approximate surface area is 154 Å². The molecule has 0 amide bonds. The monoisotopic (exact) mass is 382 g/mol. The summed E-state index contributed by atoms with van der Waals surface area (Å²) >= 11 is 0. The fourth-order valence-corrected chi connectivity index (χ4v) is 3.63. The van der Waals surface area contributed by atoms with Crippen molar-refractivity contribution in [2.45, 2.75) is 11.8 Å². The van der Waals surface area contributed by atoms with Crippen LogP contribution in [0.15, 0.2) is 74.7 Å². The molecule has 9 heteroatoms. The predicted molar refractivity (Wildman–Crippen MR) is 97.2 cm³/mol. The molecule has 0 unspecified atom stereocenters. The molecule has 8 nitrogen and oxygen atoms in total. The summed E-state index contributed by atoms with van der Waals surface area (Å²) in [5.41, 5.74) is 1.67. The molecule has 0 fully saturated rings. The largest absolute Gasteiger partial charge is 0.356 e. The van der Waals surface area contributed by atoms with Crippen molar-refractivity contribution in [2.75, 3.05) is 4.72 Å². The van der Waals surface area contributed by atoms with Gasteiger partial charge < -0.3 is 9.05 Å². The van der Waals surface area contributed by atoms with Gasteiger partial charge in [0.05, 0.1) is 11.1 Å². The second kappa shape index (κ2) is 6.69. The van der Waals surface area contributed by atoms with E-state index < -0.39 is 10.0 Å². The molecule has 0 saturated carbocycles. The van der Waals surface area contributed by atoms with Crippen molar-refractivity contribution in [3.8, 4) is 22.7 Å². The number of sulfonamides is 1. The van der Waals surface area contributed by atoms with E-state index >= 15 is 0 Å². The lowest BCUT2D eigenvalue weighted by Gasteiger charge is -2.09. The van der Waals surface area contributed by atoms with E-state index in [1.165, 1.54) is 18.3 Å². The molecule has 2 aromatic carbocycles. The SMILES string of the molecule is Cc1nc(-c2cccc(S(=O)(=O)Nc3cccc(-c4ccno4)c3)c2)no1. The highest BCUT2D eigenvalue weighted by atomic mass is 32.2. The van der Waals surface area contributed by atoms with Crippen LogP contribution in [0.4, 0.5) is 5.69 Å². The van der Waals surface area contributed by atoms with Gasteiger partial charge in [0.1, 0.15) is 0 Å². The standard InChI is InChI=1S/C18H14N4O4S/c1-12-20-18(21-25-12)14-5-3-7-16(11-14)27(23,24)22-15-6-2-4-13(10-15)17-8-9-19-26-17/h2-11,22H,1H3. The molecule has 0 aliphatic heterocycles. The van der Waals surface area contributed by atoms with Crippen LogP contribution < -0.4 is 4.72 Å². The smallest absolute Gasteiger partial charge is 0.261 e. The van der Waals surface area contributed by atoms with E-state index in [4.69, 9.17) is 9.05 Å². The van der Waals surface area contributed by atoms with Gasteiger partial charge in [-0.25, -0.2) is 8.42 Å². The van der Waals surface area contributed by atoms with Crippen molar-refractivity contribution in [2.24, 2.45) is 0 Å². The van der Waals surface area contributed by atoms with E-state index in [0.29, 0.717) is 34.3 Å². The zero-order valence-electron chi connectivity index (χ0n) is 14.2. The molecular weight excluding hydrogens is 368 g/mol. The van der Waals surface area contributed by atoms with Crippen LogP contribution in [0.2, 0.25) is 0 Å². The number of rotatable bonds is 5. The van der Waals surface area contributed by atoms with Gasteiger partial charge in [-0.3, -0.25) is 4.72 Å². The minimum atomic E-state index is -3.81. The summed E-state index contributed by atoms with van der Waals surface area (Å²) in [6.45, 7) is 1.67. The average Bonchev–Trinajstić information content (AvgIpc) is 3.33. The number of aryl methyl sites for hydroxylation is 1. The lowest BCUT2D eigenvalue weighted by molar-refractivity contribution is 0.394. The van der Waals surface area contributed by atoms with Gasteiger partial charge in [0, 0.05) is 29.8 Å². The van der Waals surface area contributed by atoms with Gasteiger partial charge in [-0.05, 0) is 24.3 Å². The number of nitrogens with zero attached hydrogens (tertiary/aromatic N) is 3. The Bertz CT molecular complexity index is 1180. The fourth-order valence-electron chi connectivity index (χ4n) is 2.53. The summed E-state index contributed by atoms with van der Waals surface area (Å²) in [7, 11) is -3.81. The van der Waals surface area contributed by atoms with Crippen molar-refractivity contribution in [1.82, 2.24) is 15.3 Å². The number of hydrogen-bond donors (Lipinski definition) is 1. The molecule has 0 spiro atoms. The molecule has 4 aromatic rings. The third-order valence-electron chi connectivity index (χ3n) is 3.77. The molecule has 0 radical (unpaired) electrons. The Hall–Kier alpha value is -3.46. The highest BCUT2D eigenvalue weighted by molar-refractivity contribution is 7.92. The summed E-state index contributed by atoms with van der Waals surface area (Å²) in [4.78, 5) is 4.21. The van der Waals surface area contributed by atoms with Crippen molar-refractivity contribution in [3.63, 3.8) is 0 Å². The van der Waals surface area contributed by atoms with Gasteiger partial charge in [-0.2, -0.15) is 4.98 Å². The molecule has 0 aliphatic carbocycles. The fraction of sp³-hybridized carbons (Fsp3) is 0.0556. The van der Waals surface area contributed by atoms with Gasteiger partial charge in [0.15, 0.2) is 5.76 Å². The number of nitrogens with one attached hydrogen (secondary N) is 1. The summed E-state index contributed by atoms with van der Waals surface area (Å²) in [5.74, 6) is 1.28. The zero-order valence-corrected chi connectivity index (χ0v) is 15.0. The number of anilines is 1. The van der Waals surface area contributed by atoms with Crippen LogP contribution in [0.1, 0.15) is 5.89 Å². The molecular formula is C18H14N4O4S. The molecule has 0 saturated heterocycles. The third-order valence-corrected chi connectivity index (χ3v) is 5.15. The van der Waals surface area contributed by atoms with Gasteiger partial charge in [0.2, 0.25) is 11.7 Å². The van der Waals surface area contributed by atoms with Crippen LogP contribution in [0.3, 0.4) is 0 Å². The Morgan fingerprint density at radius 2 is 1.78 bits per heavy atom. The van der Waals surface area contributed by atoms with Gasteiger partial charge in [-0.15, -0.1) is 0 Å². The number of hydrogen-bond acceptors (Lipinski definition) is 7. The molecule has 0 aliphatic rings. The number of aromatic nitrogens is 3. The number of benzene rings is 2. The maximum atomic E-state index is 12.8. The Morgan fingerprint density at radius 1 is 0.963 bits per heavy atom. The highest BCUT2D eigenvalue weighted by Crippen LogP contribution is 2.25. The predicted octanol–water partition coefficient (Wildman–Crippen LogP) is 3.50. The topological polar surface area (TPSA) is 111 Å². The lowest BCUT2D eigenvalue weighted by Crippen LogP contribution is -2.13. The Balaban J connectivity index is 1.64. The highest BCUT2D eigenvalue weighted by Gasteiger charge is 2.17. The van der Waals surface area contributed by atoms with E-state index in [2.05, 4.69) is 20.0 Å². The molecule has 1 N–H and O–H groups in total. The molecule has 0 atom stereocenters. The maximum absolute atomic E-state index is 12.8. The minimum absolute atomic E-state index is 0.0903. The first-order chi connectivity index (χ1) is 13.0. The first kappa shape index (κ1) is 17.0. The van der Waals surface area contributed by atoms with E-state index in [1.807, 2.05) is 0 Å². The second-order valence-electron chi connectivity index (χ2n) is 5.73. The molecule has 136 valence electrons. The van der Waals surface area contributed by atoms with Gasteiger partial charge in [0.25, 0.3) is 10.0 Å². The molecule has 0 bridgehead atoms. The van der Waals surface area contributed by atoms with Crippen LogP contribution in [0.5, 0.6) is 0 Å². The van der Waals surface area contributed by atoms with Crippen molar-refractivity contribution < 1.29 is 17.5 Å². The zero-order chi connectivity index (χ0) is 18.9. The van der Waals surface area contributed by atoms with Crippen molar-refractivity contribution >= 4 is 15.7 Å². The van der Waals surface area contributed by atoms with Crippen molar-refractivity contribution in [1.29, 1.82) is 0 Å². The summed E-state index contributed by atoms with van der Waals surface area (Å²) in [5, 5.41) is 7.47. The first-order valence-electron chi connectivity index (χ1n) is 7.96. The maximum Gasteiger partial charge on any atom is 0.261 e. The minimum Gasteiger partial charge on any atom is -0.356 e. The second-order valence-corrected chi connectivity index (χ2v) is 7.41. The first-order valence-corrected chi connectivity index (χ1v) is 9.44. The van der Waals surface area contributed by atoms with Gasteiger partial charge in [-0.1, -0.05) is 34.6 Å². The van der Waals surface area contributed by atoms with Crippen LogP contribution in [-0.4, -0.2) is 23.7 Å². The lowest BCUT2D eigenvalue weighted by atomic mass is 10.1. The van der Waals surface area contributed by atoms with Crippen LogP contribution in [0, 0.1) is 6.92 Å². The third kappa shape index (κ3) is 3.58. The summed E-state index contributed by atoms with van der Waals surface area (Å²) in [6.07, 6.45) is 1.53. The quantitative estimate of drug-likeness (QED) is 0.562. The van der Waals surface area contributed by atoms with Crippen LogP contribution in [0.25, 0.3) is 22.7 Å². The average molecular weight is 382 g/mol. The molecule has 2 aromatic heterocycles. The van der Waals surface area contributed by atoms with Crippen LogP contribution in [-0.2, 0) is 10.0 Å². The Morgan fingerprint density at radius 3 is 2.52 bits per heavy atom. The van der Waals surface area contributed by atoms with Gasteiger partial charge >= 0.3 is 0 Å². The van der Waals surface area contributed by atoms with E-state index in [9.17, 15) is 8.42 Å². The Kier molecular flexibility index (Phi) is 4.21. The van der Waals surface area contributed by atoms with Crippen molar-refractivity contribution in [3.05, 3.63) is 66.7 Å². The summed E-state index contributed by atoms with van der Waals surface area (Å²) < 4.78 is 38.2.